The highest BCUT2D eigenvalue weighted by Crippen LogP contribution is 2.41. The minimum absolute atomic E-state index is 0.0464. The fraction of sp³-hybridized carbons (Fsp3) is 0.500. The summed E-state index contributed by atoms with van der Waals surface area (Å²) in [5.41, 5.74) is 4.97. The number of likely N-dealkylation sites (tertiary alicyclic amines) is 1. The smallest absolute Gasteiger partial charge is 0.418 e. The Bertz CT molecular complexity index is 1340. The summed E-state index contributed by atoms with van der Waals surface area (Å²) < 4.78 is 53.0. The van der Waals surface area contributed by atoms with Crippen LogP contribution in [0, 0.1) is 0 Å². The van der Waals surface area contributed by atoms with Gasteiger partial charge in [0.05, 0.1) is 28.4 Å². The monoisotopic (exact) mass is 565 g/mol. The van der Waals surface area contributed by atoms with E-state index in [1.807, 2.05) is 7.05 Å². The average molecular weight is 566 g/mol. The van der Waals surface area contributed by atoms with Crippen molar-refractivity contribution in [2.24, 2.45) is 0 Å². The van der Waals surface area contributed by atoms with Gasteiger partial charge in [-0.1, -0.05) is 11.6 Å². The molecular weight excluding hydrogens is 535 g/mol. The zero-order valence-corrected chi connectivity index (χ0v) is 22.5. The maximum absolute atomic E-state index is 13.8. The normalized spacial score (nSPS) is 20.6. The van der Waals surface area contributed by atoms with E-state index >= 15 is 0 Å². The minimum atomic E-state index is -4.64. The van der Waals surface area contributed by atoms with Gasteiger partial charge in [-0.2, -0.15) is 23.1 Å². The van der Waals surface area contributed by atoms with Crippen molar-refractivity contribution in [2.75, 3.05) is 64.2 Å². The van der Waals surface area contributed by atoms with Gasteiger partial charge in [0.1, 0.15) is 18.2 Å². The number of pyridine rings is 1. The minimum Gasteiger partial charge on any atom is -0.462 e. The molecule has 13 heteroatoms. The summed E-state index contributed by atoms with van der Waals surface area (Å²) >= 11 is 6.58. The molecule has 2 aliphatic rings. The molecule has 4 heterocycles. The van der Waals surface area contributed by atoms with E-state index in [0.717, 1.165) is 38.1 Å². The van der Waals surface area contributed by atoms with Gasteiger partial charge in [-0.25, -0.2) is 4.98 Å². The standard InChI is InChI=1S/C26H31ClF3N7O2/c1-36-15(13-38-2)3-4-16(36)14-39-25-33-21-12-17(23-19(26(28,29)30)5-6-22(31)34-23)20(27)11-18(21)24(35-25)37-9-7-32-8-10-37/h5-6,11-12,15-16,32H,3-4,7-10,13-14H2,1-2H3,(H2,31,34). The van der Waals surface area contributed by atoms with E-state index in [4.69, 9.17) is 31.8 Å². The van der Waals surface area contributed by atoms with Crippen molar-refractivity contribution in [2.45, 2.75) is 31.1 Å². The molecule has 2 fully saturated rings. The number of rotatable bonds is 7. The van der Waals surface area contributed by atoms with Crippen molar-refractivity contribution >= 4 is 34.1 Å². The number of anilines is 2. The van der Waals surface area contributed by atoms with Gasteiger partial charge in [-0.3, -0.25) is 4.90 Å². The molecule has 3 aromatic rings. The fourth-order valence-electron chi connectivity index (χ4n) is 5.24. The number of hydrogen-bond acceptors (Lipinski definition) is 9. The van der Waals surface area contributed by atoms with Crippen LogP contribution in [0.15, 0.2) is 24.3 Å². The Morgan fingerprint density at radius 3 is 2.49 bits per heavy atom. The summed E-state index contributed by atoms with van der Waals surface area (Å²) in [6.45, 7) is 3.95. The van der Waals surface area contributed by atoms with Crippen molar-refractivity contribution in [3.63, 3.8) is 0 Å². The number of ether oxygens (including phenoxy) is 2. The third kappa shape index (κ3) is 5.84. The number of methoxy groups -OCH3 is 1. The molecule has 1 aromatic carbocycles. The lowest BCUT2D eigenvalue weighted by molar-refractivity contribution is -0.137. The van der Waals surface area contributed by atoms with Crippen LogP contribution < -0.4 is 20.7 Å². The van der Waals surface area contributed by atoms with Crippen LogP contribution in [0.2, 0.25) is 5.02 Å². The molecule has 0 radical (unpaired) electrons. The molecule has 2 aliphatic heterocycles. The van der Waals surface area contributed by atoms with E-state index in [0.29, 0.717) is 49.1 Å². The molecule has 5 rings (SSSR count). The Kier molecular flexibility index (Phi) is 7.99. The molecule has 39 heavy (non-hydrogen) atoms. The topological polar surface area (TPSA) is 102 Å². The quantitative estimate of drug-likeness (QED) is 0.442. The zero-order chi connectivity index (χ0) is 27.7. The highest BCUT2D eigenvalue weighted by molar-refractivity contribution is 6.34. The Morgan fingerprint density at radius 2 is 1.79 bits per heavy atom. The van der Waals surface area contributed by atoms with Crippen molar-refractivity contribution < 1.29 is 22.6 Å². The average Bonchev–Trinajstić information content (AvgIpc) is 3.25. The molecule has 2 aromatic heterocycles. The number of piperazine rings is 1. The van der Waals surface area contributed by atoms with E-state index < -0.39 is 11.7 Å². The summed E-state index contributed by atoms with van der Waals surface area (Å²) in [5, 5.41) is 4.02. The summed E-state index contributed by atoms with van der Waals surface area (Å²) in [7, 11) is 3.74. The van der Waals surface area contributed by atoms with Crippen LogP contribution in [0.5, 0.6) is 6.01 Å². The molecule has 2 saturated heterocycles. The second kappa shape index (κ2) is 11.3. The van der Waals surface area contributed by atoms with Crippen LogP contribution in [-0.2, 0) is 10.9 Å². The lowest BCUT2D eigenvalue weighted by Crippen LogP contribution is -2.44. The molecular formula is C26H31ClF3N7O2. The number of fused-ring (bicyclic) bond motifs is 1. The lowest BCUT2D eigenvalue weighted by Gasteiger charge is -2.30. The van der Waals surface area contributed by atoms with Gasteiger partial charge < -0.3 is 25.4 Å². The summed E-state index contributed by atoms with van der Waals surface area (Å²) in [6, 6.07) is 5.77. The number of aromatic nitrogens is 3. The largest absolute Gasteiger partial charge is 0.462 e. The number of likely N-dealkylation sites (N-methyl/N-ethyl adjacent to an activating group) is 1. The molecule has 2 atom stereocenters. The lowest BCUT2D eigenvalue weighted by atomic mass is 10.0. The zero-order valence-electron chi connectivity index (χ0n) is 21.8. The maximum Gasteiger partial charge on any atom is 0.418 e. The number of nitrogens with two attached hydrogens (primary N) is 1. The number of hydrogen-bond donors (Lipinski definition) is 2. The number of alkyl halides is 3. The summed E-state index contributed by atoms with van der Waals surface area (Å²) in [4.78, 5) is 17.7. The van der Waals surface area contributed by atoms with Gasteiger partial charge in [-0.15, -0.1) is 0 Å². The predicted molar refractivity (Wildman–Crippen MR) is 144 cm³/mol. The van der Waals surface area contributed by atoms with Gasteiger partial charge in [0.15, 0.2) is 0 Å². The number of nitrogens with one attached hydrogen (secondary N) is 1. The van der Waals surface area contributed by atoms with Crippen molar-refractivity contribution in [3.8, 4) is 17.3 Å². The molecule has 0 spiro atoms. The van der Waals surface area contributed by atoms with Crippen LogP contribution >= 0.6 is 11.6 Å². The first-order valence-electron chi connectivity index (χ1n) is 12.8. The fourth-order valence-corrected chi connectivity index (χ4v) is 5.49. The van der Waals surface area contributed by atoms with Gasteiger partial charge in [-0.05, 0) is 44.2 Å². The molecule has 0 saturated carbocycles. The third-order valence-corrected chi connectivity index (χ3v) is 7.70. The van der Waals surface area contributed by atoms with Crippen LogP contribution in [-0.4, -0.2) is 85.5 Å². The SMILES string of the molecule is COCC1CCC(COc2nc(N3CCNCC3)c3cc(Cl)c(-c4nc(N)ccc4C(F)(F)F)cc3n2)N1C. The molecule has 0 bridgehead atoms. The highest BCUT2D eigenvalue weighted by Gasteiger charge is 2.35. The van der Waals surface area contributed by atoms with Crippen molar-refractivity contribution in [1.82, 2.24) is 25.2 Å². The second-order valence-electron chi connectivity index (χ2n) is 9.86. The Morgan fingerprint density at radius 1 is 1.08 bits per heavy atom. The van der Waals surface area contributed by atoms with E-state index in [-0.39, 0.29) is 34.2 Å². The van der Waals surface area contributed by atoms with E-state index in [1.54, 1.807) is 13.2 Å². The van der Waals surface area contributed by atoms with Crippen LogP contribution in [0.25, 0.3) is 22.2 Å². The Balaban J connectivity index is 1.55. The molecule has 2 unspecified atom stereocenters. The van der Waals surface area contributed by atoms with E-state index in [2.05, 4.69) is 25.1 Å². The molecule has 0 amide bonds. The second-order valence-corrected chi connectivity index (χ2v) is 10.3. The first-order chi connectivity index (χ1) is 18.7. The molecule has 9 nitrogen and oxygen atoms in total. The predicted octanol–water partition coefficient (Wildman–Crippen LogP) is 3.84. The summed E-state index contributed by atoms with van der Waals surface area (Å²) in [5.74, 6) is 0.577. The molecule has 3 N–H and O–H groups in total. The summed E-state index contributed by atoms with van der Waals surface area (Å²) in [6.07, 6.45) is -2.70. The Labute approximate surface area is 229 Å². The van der Waals surface area contributed by atoms with Crippen molar-refractivity contribution in [3.05, 3.63) is 34.9 Å². The van der Waals surface area contributed by atoms with E-state index in [1.165, 1.54) is 6.07 Å². The van der Waals surface area contributed by atoms with Gasteiger partial charge in [0.2, 0.25) is 0 Å². The third-order valence-electron chi connectivity index (χ3n) is 7.39. The number of nitrogen functional groups attached to an aromatic ring is 1. The highest BCUT2D eigenvalue weighted by atomic mass is 35.5. The number of nitrogens with zero attached hydrogens (tertiary/aromatic N) is 5. The van der Waals surface area contributed by atoms with Crippen molar-refractivity contribution in [1.29, 1.82) is 0 Å². The van der Waals surface area contributed by atoms with Crippen LogP contribution in [0.4, 0.5) is 24.8 Å². The molecule has 210 valence electrons. The van der Waals surface area contributed by atoms with Crippen LogP contribution in [0.3, 0.4) is 0 Å². The van der Waals surface area contributed by atoms with Gasteiger partial charge in [0.25, 0.3) is 0 Å². The first-order valence-corrected chi connectivity index (χ1v) is 13.2. The van der Waals surface area contributed by atoms with Crippen LogP contribution in [0.1, 0.15) is 18.4 Å². The van der Waals surface area contributed by atoms with E-state index in [9.17, 15) is 13.2 Å². The van der Waals surface area contributed by atoms with Gasteiger partial charge >= 0.3 is 12.2 Å². The maximum atomic E-state index is 13.8. The molecule has 0 aliphatic carbocycles. The van der Waals surface area contributed by atoms with Gasteiger partial charge in [0, 0.05) is 56.3 Å². The number of benzene rings is 1. The first kappa shape index (κ1) is 27.6. The Hall–Kier alpha value is -2.93. The number of halogens is 4.